The molecule has 0 radical (unpaired) electrons. The van der Waals surface area contributed by atoms with Gasteiger partial charge in [-0.1, -0.05) is 0 Å². The number of halogens is 4. The van der Waals surface area contributed by atoms with Crippen molar-refractivity contribution in [3.05, 3.63) is 32.9 Å². The molecular formula is C12H14ClF2IN2O. The molecule has 0 aliphatic carbocycles. The molecule has 3 nitrogen and oxygen atoms in total. The minimum atomic E-state index is -0.802. The van der Waals surface area contributed by atoms with Crippen LogP contribution in [0.2, 0.25) is 0 Å². The summed E-state index contributed by atoms with van der Waals surface area (Å²) in [6.45, 7) is 3.60. The zero-order valence-corrected chi connectivity index (χ0v) is 13.2. The zero-order valence-electron chi connectivity index (χ0n) is 10.3. The van der Waals surface area contributed by atoms with Gasteiger partial charge in [0, 0.05) is 29.2 Å². The van der Waals surface area contributed by atoms with E-state index in [-0.39, 0.29) is 22.0 Å². The van der Waals surface area contributed by atoms with Crippen LogP contribution in [0.5, 0.6) is 0 Å². The molecule has 1 heterocycles. The number of carbonyl (C=O) groups excluding carboxylic acids is 1. The average molecular weight is 403 g/mol. The molecule has 0 unspecified atom stereocenters. The van der Waals surface area contributed by atoms with Gasteiger partial charge in [0.05, 0.1) is 0 Å². The normalized spacial score (nSPS) is 18.9. The van der Waals surface area contributed by atoms with E-state index in [0.29, 0.717) is 19.6 Å². The smallest absolute Gasteiger partial charge is 0.260 e. The summed E-state index contributed by atoms with van der Waals surface area (Å²) in [6, 6.07) is 2.39. The molecule has 1 amide bonds. The summed E-state index contributed by atoms with van der Waals surface area (Å²) in [7, 11) is 0. The Labute approximate surface area is 130 Å². The van der Waals surface area contributed by atoms with Crippen molar-refractivity contribution in [3.8, 4) is 0 Å². The summed E-state index contributed by atoms with van der Waals surface area (Å²) in [5, 5.41) is 3.13. The Bertz CT molecular complexity index is 487. The Morgan fingerprint density at radius 2 is 2.16 bits per heavy atom. The van der Waals surface area contributed by atoms with Gasteiger partial charge in [-0.2, -0.15) is 0 Å². The maximum atomic E-state index is 13.9. The van der Waals surface area contributed by atoms with Crippen LogP contribution in [0.1, 0.15) is 17.3 Å². The molecule has 1 aliphatic rings. The van der Waals surface area contributed by atoms with E-state index in [1.54, 1.807) is 22.6 Å². The summed E-state index contributed by atoms with van der Waals surface area (Å²) in [6.07, 6.45) is 0. The summed E-state index contributed by atoms with van der Waals surface area (Å²) in [4.78, 5) is 13.7. The molecule has 1 aromatic carbocycles. The lowest BCUT2D eigenvalue weighted by Crippen LogP contribution is -2.52. The second-order valence-corrected chi connectivity index (χ2v) is 5.43. The molecule has 0 saturated carbocycles. The van der Waals surface area contributed by atoms with Crippen LogP contribution in [-0.2, 0) is 0 Å². The first kappa shape index (κ1) is 16.6. The van der Waals surface area contributed by atoms with Crippen LogP contribution in [0.15, 0.2) is 12.1 Å². The second kappa shape index (κ2) is 6.81. The number of hydrogen-bond acceptors (Lipinski definition) is 2. The van der Waals surface area contributed by atoms with Crippen molar-refractivity contribution in [2.75, 3.05) is 19.6 Å². The van der Waals surface area contributed by atoms with Crippen molar-refractivity contribution in [2.45, 2.75) is 13.0 Å². The van der Waals surface area contributed by atoms with E-state index in [0.717, 1.165) is 6.07 Å². The van der Waals surface area contributed by atoms with Crippen LogP contribution in [0.4, 0.5) is 8.78 Å². The van der Waals surface area contributed by atoms with Crippen molar-refractivity contribution < 1.29 is 13.6 Å². The summed E-state index contributed by atoms with van der Waals surface area (Å²) in [5.41, 5.74) is -0.448. The molecule has 106 valence electrons. The molecular weight excluding hydrogens is 388 g/mol. The fourth-order valence-electron chi connectivity index (χ4n) is 2.01. The number of nitrogens with zero attached hydrogens (tertiary/aromatic N) is 1. The lowest BCUT2D eigenvalue weighted by Gasteiger charge is -2.34. The third-order valence-corrected chi connectivity index (χ3v) is 3.85. The fraction of sp³-hybridized carbons (Fsp3) is 0.417. The first-order valence-electron chi connectivity index (χ1n) is 5.67. The van der Waals surface area contributed by atoms with Gasteiger partial charge in [0.25, 0.3) is 5.91 Å². The van der Waals surface area contributed by atoms with E-state index >= 15 is 0 Å². The lowest BCUT2D eigenvalue weighted by atomic mass is 10.1. The van der Waals surface area contributed by atoms with Crippen LogP contribution in [0, 0.1) is 15.2 Å². The molecule has 7 heteroatoms. The van der Waals surface area contributed by atoms with E-state index in [1.807, 2.05) is 6.92 Å². The standard InChI is InChI=1S/C12H13F2IN2O.ClH/c1-7-6-16-4-5-17(7)12(18)10-8(13)2-3-9(15)11(10)14;/h2-3,7,16H,4-6H2,1H3;1H/t7-;/m0./s1. The topological polar surface area (TPSA) is 32.3 Å². The monoisotopic (exact) mass is 402 g/mol. The number of nitrogens with one attached hydrogen (secondary N) is 1. The highest BCUT2D eigenvalue weighted by atomic mass is 127. The quantitative estimate of drug-likeness (QED) is 0.578. The SMILES string of the molecule is C[C@H]1CNCCN1C(=O)c1c(F)ccc(I)c1F.Cl. The van der Waals surface area contributed by atoms with E-state index in [4.69, 9.17) is 0 Å². The minimum absolute atomic E-state index is 0. The van der Waals surface area contributed by atoms with Crippen LogP contribution in [-0.4, -0.2) is 36.5 Å². The van der Waals surface area contributed by atoms with E-state index < -0.39 is 23.1 Å². The maximum absolute atomic E-state index is 13.9. The van der Waals surface area contributed by atoms with Crippen LogP contribution >= 0.6 is 35.0 Å². The number of hydrogen-bond donors (Lipinski definition) is 1. The molecule has 19 heavy (non-hydrogen) atoms. The van der Waals surface area contributed by atoms with Crippen LogP contribution < -0.4 is 5.32 Å². The summed E-state index contributed by atoms with van der Waals surface area (Å²) in [5.74, 6) is -2.15. The van der Waals surface area contributed by atoms with Crippen molar-refractivity contribution >= 4 is 40.9 Å². The number of carbonyl (C=O) groups is 1. The van der Waals surface area contributed by atoms with Gasteiger partial charge in [0.2, 0.25) is 0 Å². The van der Waals surface area contributed by atoms with Gasteiger partial charge in [-0.15, -0.1) is 12.4 Å². The Morgan fingerprint density at radius 1 is 1.47 bits per heavy atom. The van der Waals surface area contributed by atoms with Crippen LogP contribution in [0.3, 0.4) is 0 Å². The highest BCUT2D eigenvalue weighted by molar-refractivity contribution is 14.1. The zero-order chi connectivity index (χ0) is 13.3. The number of benzene rings is 1. The van der Waals surface area contributed by atoms with Crippen molar-refractivity contribution in [3.63, 3.8) is 0 Å². The van der Waals surface area contributed by atoms with Crippen molar-refractivity contribution in [1.29, 1.82) is 0 Å². The van der Waals surface area contributed by atoms with Crippen molar-refractivity contribution in [2.24, 2.45) is 0 Å². The Hall–Kier alpha value is -0.470. The Morgan fingerprint density at radius 3 is 2.79 bits per heavy atom. The Balaban J connectivity index is 0.00000180. The number of amides is 1. The fourth-order valence-corrected chi connectivity index (χ4v) is 2.46. The minimum Gasteiger partial charge on any atom is -0.333 e. The molecule has 1 atom stereocenters. The predicted octanol–water partition coefficient (Wildman–Crippen LogP) is 2.43. The van der Waals surface area contributed by atoms with Crippen molar-refractivity contribution in [1.82, 2.24) is 10.2 Å². The highest BCUT2D eigenvalue weighted by Gasteiger charge is 2.29. The molecule has 1 saturated heterocycles. The van der Waals surface area contributed by atoms with Gasteiger partial charge in [-0.25, -0.2) is 8.78 Å². The number of piperazine rings is 1. The maximum Gasteiger partial charge on any atom is 0.260 e. The average Bonchev–Trinajstić information content (AvgIpc) is 2.35. The highest BCUT2D eigenvalue weighted by Crippen LogP contribution is 2.21. The van der Waals surface area contributed by atoms with Gasteiger partial charge in [0.1, 0.15) is 11.4 Å². The Kier molecular flexibility index (Phi) is 5.94. The second-order valence-electron chi connectivity index (χ2n) is 4.27. The molecule has 1 aliphatic heterocycles. The largest absolute Gasteiger partial charge is 0.333 e. The predicted molar refractivity (Wildman–Crippen MR) is 79.7 cm³/mol. The molecule has 0 aromatic heterocycles. The lowest BCUT2D eigenvalue weighted by molar-refractivity contribution is 0.0645. The van der Waals surface area contributed by atoms with Gasteiger partial charge in [0.15, 0.2) is 5.82 Å². The number of rotatable bonds is 1. The summed E-state index contributed by atoms with van der Waals surface area (Å²) >= 11 is 1.75. The first-order chi connectivity index (χ1) is 8.52. The molecule has 0 bridgehead atoms. The van der Waals surface area contributed by atoms with Crippen LogP contribution in [0.25, 0.3) is 0 Å². The first-order valence-corrected chi connectivity index (χ1v) is 6.75. The van der Waals surface area contributed by atoms with E-state index in [1.165, 1.54) is 11.0 Å². The molecule has 0 spiro atoms. The van der Waals surface area contributed by atoms with E-state index in [9.17, 15) is 13.6 Å². The summed E-state index contributed by atoms with van der Waals surface area (Å²) < 4.78 is 27.8. The van der Waals surface area contributed by atoms with Gasteiger partial charge < -0.3 is 10.2 Å². The van der Waals surface area contributed by atoms with Gasteiger partial charge in [-0.3, -0.25) is 4.79 Å². The molecule has 1 fully saturated rings. The van der Waals surface area contributed by atoms with Gasteiger partial charge >= 0.3 is 0 Å². The molecule has 2 rings (SSSR count). The third-order valence-electron chi connectivity index (χ3n) is 3.02. The molecule has 1 aromatic rings. The van der Waals surface area contributed by atoms with E-state index in [2.05, 4.69) is 5.32 Å². The van der Waals surface area contributed by atoms with Gasteiger partial charge in [-0.05, 0) is 41.6 Å². The third kappa shape index (κ3) is 3.35. The molecule has 1 N–H and O–H groups in total.